The molecule has 1 heterocycles. The van der Waals surface area contributed by atoms with E-state index in [2.05, 4.69) is 5.32 Å². The van der Waals surface area contributed by atoms with Crippen LogP contribution in [0.2, 0.25) is 0 Å². The summed E-state index contributed by atoms with van der Waals surface area (Å²) < 4.78 is 15.0. The summed E-state index contributed by atoms with van der Waals surface area (Å²) in [5.74, 6) is -3.66. The van der Waals surface area contributed by atoms with Gasteiger partial charge in [-0.3, -0.25) is 14.2 Å². The fourth-order valence-electron chi connectivity index (χ4n) is 3.59. The Morgan fingerprint density at radius 1 is 1.13 bits per heavy atom. The van der Waals surface area contributed by atoms with Crippen LogP contribution in [0.15, 0.2) is 42.5 Å². The molecule has 0 aliphatic carbocycles. The molecule has 0 radical (unpaired) electrons. The van der Waals surface area contributed by atoms with E-state index in [1.54, 1.807) is 19.9 Å². The van der Waals surface area contributed by atoms with Crippen LogP contribution in [0.25, 0.3) is 10.9 Å². The first-order chi connectivity index (χ1) is 14.4. The predicted octanol–water partition coefficient (Wildman–Crippen LogP) is 3.57. The summed E-state index contributed by atoms with van der Waals surface area (Å²) >= 11 is 0. The van der Waals surface area contributed by atoms with E-state index < -0.39 is 35.1 Å². The highest BCUT2D eigenvalue weighted by Gasteiger charge is 2.33. The van der Waals surface area contributed by atoms with E-state index in [4.69, 9.17) is 0 Å². The van der Waals surface area contributed by atoms with Crippen LogP contribution in [0, 0.1) is 12.7 Å². The van der Waals surface area contributed by atoms with Crippen LogP contribution < -0.4 is 5.32 Å². The number of fused-ring (bicyclic) bond motifs is 1. The van der Waals surface area contributed by atoms with E-state index in [1.165, 1.54) is 48.7 Å². The van der Waals surface area contributed by atoms with Gasteiger partial charge in [-0.05, 0) is 69.7 Å². The number of carboxylic acid groups (broad SMARTS) is 1. The lowest BCUT2D eigenvalue weighted by Crippen LogP contribution is -2.50. The third-order valence-corrected chi connectivity index (χ3v) is 5.31. The lowest BCUT2D eigenvalue weighted by Gasteiger charge is -2.23. The van der Waals surface area contributed by atoms with Gasteiger partial charge in [0.15, 0.2) is 0 Å². The number of amides is 1. The number of halogens is 1. The second-order valence-electron chi connectivity index (χ2n) is 7.99. The summed E-state index contributed by atoms with van der Waals surface area (Å²) in [4.78, 5) is 37.4. The van der Waals surface area contributed by atoms with Crippen molar-refractivity contribution in [2.45, 2.75) is 39.2 Å². The first-order valence-electron chi connectivity index (χ1n) is 9.63. The average Bonchev–Trinajstić information content (AvgIpc) is 2.97. The molecular weight excluding hydrogens is 403 g/mol. The second kappa shape index (κ2) is 7.86. The van der Waals surface area contributed by atoms with Gasteiger partial charge in [0, 0.05) is 16.6 Å². The molecule has 1 aromatic heterocycles. The number of carbonyl (C=O) groups excluding carboxylic acids is 2. The molecule has 1 atom stereocenters. The van der Waals surface area contributed by atoms with Crippen molar-refractivity contribution in [3.8, 4) is 5.75 Å². The van der Waals surface area contributed by atoms with Gasteiger partial charge in [0.25, 0.3) is 5.91 Å². The van der Waals surface area contributed by atoms with Gasteiger partial charge >= 0.3 is 5.97 Å². The van der Waals surface area contributed by atoms with Crippen LogP contribution in [0.3, 0.4) is 0 Å². The van der Waals surface area contributed by atoms with E-state index in [0.717, 1.165) is 6.07 Å². The van der Waals surface area contributed by atoms with Crippen molar-refractivity contribution in [3.05, 3.63) is 65.1 Å². The lowest BCUT2D eigenvalue weighted by atomic mass is 9.95. The van der Waals surface area contributed by atoms with Crippen molar-refractivity contribution in [2.75, 3.05) is 0 Å². The molecule has 0 saturated carbocycles. The molecule has 0 spiro atoms. The monoisotopic (exact) mass is 426 g/mol. The number of nitrogens with one attached hydrogen (secondary N) is 1. The number of rotatable bonds is 5. The number of nitrogens with zero attached hydrogens (tertiary/aromatic N) is 1. The van der Waals surface area contributed by atoms with Gasteiger partial charge in [0.1, 0.15) is 17.1 Å². The Hall–Kier alpha value is -3.68. The Bertz CT molecular complexity index is 1210. The van der Waals surface area contributed by atoms with Crippen molar-refractivity contribution >= 4 is 28.7 Å². The molecule has 7 nitrogen and oxygen atoms in total. The van der Waals surface area contributed by atoms with E-state index in [1.807, 2.05) is 0 Å². The maximum absolute atomic E-state index is 13.7. The Kier molecular flexibility index (Phi) is 5.59. The fraction of sp³-hybridized carbons (Fsp3) is 0.261. The zero-order valence-corrected chi connectivity index (χ0v) is 17.6. The molecule has 2 aromatic carbocycles. The SMILES string of the molecule is Cc1c([C@@H](C)C(=O)NC(C)(C)C(=O)O)c2cc(O)ccc2n1C(=O)c1cccc(F)c1. The number of hydrogen-bond donors (Lipinski definition) is 3. The summed E-state index contributed by atoms with van der Waals surface area (Å²) in [6.07, 6.45) is 0. The van der Waals surface area contributed by atoms with E-state index in [0.29, 0.717) is 22.2 Å². The van der Waals surface area contributed by atoms with Crippen molar-refractivity contribution in [1.29, 1.82) is 0 Å². The number of aromatic nitrogens is 1. The molecule has 3 aromatic rings. The number of aromatic hydroxyl groups is 1. The second-order valence-corrected chi connectivity index (χ2v) is 7.99. The standard InChI is InChI=1S/C23H23FN2O5/c1-12(20(28)25-23(3,4)22(30)31)19-13(2)26(18-9-8-16(27)11-17(18)19)21(29)14-6-5-7-15(24)10-14/h5-12,27H,1-4H3,(H,25,28)(H,30,31)/t12-/m1/s1. The third-order valence-electron chi connectivity index (χ3n) is 5.31. The average molecular weight is 426 g/mol. The molecule has 0 aliphatic heterocycles. The fourth-order valence-corrected chi connectivity index (χ4v) is 3.59. The minimum absolute atomic E-state index is 0.0532. The summed E-state index contributed by atoms with van der Waals surface area (Å²) in [6.45, 7) is 5.98. The van der Waals surface area contributed by atoms with Crippen LogP contribution >= 0.6 is 0 Å². The maximum atomic E-state index is 13.7. The Morgan fingerprint density at radius 2 is 1.81 bits per heavy atom. The Morgan fingerprint density at radius 3 is 2.42 bits per heavy atom. The maximum Gasteiger partial charge on any atom is 0.328 e. The molecule has 0 bridgehead atoms. The Balaban J connectivity index is 2.16. The molecule has 1 amide bonds. The van der Waals surface area contributed by atoms with Crippen LogP contribution in [-0.2, 0) is 9.59 Å². The van der Waals surface area contributed by atoms with E-state index in [9.17, 15) is 29.0 Å². The molecule has 0 saturated heterocycles. The van der Waals surface area contributed by atoms with E-state index >= 15 is 0 Å². The van der Waals surface area contributed by atoms with Crippen LogP contribution in [0.1, 0.15) is 48.3 Å². The normalized spacial score (nSPS) is 12.5. The highest BCUT2D eigenvalue weighted by atomic mass is 19.1. The number of phenols is 1. The number of carbonyl (C=O) groups is 3. The molecule has 0 fully saturated rings. The zero-order chi connectivity index (χ0) is 23.1. The van der Waals surface area contributed by atoms with Crippen LogP contribution in [0.4, 0.5) is 4.39 Å². The van der Waals surface area contributed by atoms with Crippen molar-refractivity contribution in [1.82, 2.24) is 9.88 Å². The molecule has 31 heavy (non-hydrogen) atoms. The summed E-state index contributed by atoms with van der Waals surface area (Å²) in [7, 11) is 0. The molecule has 0 unspecified atom stereocenters. The number of benzene rings is 2. The van der Waals surface area contributed by atoms with Crippen molar-refractivity contribution < 1.29 is 29.0 Å². The largest absolute Gasteiger partial charge is 0.508 e. The summed E-state index contributed by atoms with van der Waals surface area (Å²) in [5.41, 5.74) is -0.0163. The van der Waals surface area contributed by atoms with Crippen LogP contribution in [-0.4, -0.2) is 38.1 Å². The van der Waals surface area contributed by atoms with Crippen molar-refractivity contribution in [3.63, 3.8) is 0 Å². The number of carboxylic acids is 1. The lowest BCUT2D eigenvalue weighted by molar-refractivity contribution is -0.146. The van der Waals surface area contributed by atoms with Crippen molar-refractivity contribution in [2.24, 2.45) is 0 Å². The number of phenolic OH excluding ortho intramolecular Hbond substituents is 1. The number of hydrogen-bond acceptors (Lipinski definition) is 4. The first kappa shape index (κ1) is 22.0. The van der Waals surface area contributed by atoms with Gasteiger partial charge in [-0.15, -0.1) is 0 Å². The van der Waals surface area contributed by atoms with Gasteiger partial charge in [0.2, 0.25) is 5.91 Å². The summed E-state index contributed by atoms with van der Waals surface area (Å²) in [6, 6.07) is 9.68. The highest BCUT2D eigenvalue weighted by molar-refractivity contribution is 6.05. The highest BCUT2D eigenvalue weighted by Crippen LogP contribution is 2.35. The van der Waals surface area contributed by atoms with Crippen LogP contribution in [0.5, 0.6) is 5.75 Å². The zero-order valence-electron chi connectivity index (χ0n) is 17.6. The van der Waals surface area contributed by atoms with Gasteiger partial charge in [-0.1, -0.05) is 6.07 Å². The van der Waals surface area contributed by atoms with Gasteiger partial charge in [-0.25, -0.2) is 9.18 Å². The first-order valence-corrected chi connectivity index (χ1v) is 9.63. The molecule has 3 N–H and O–H groups in total. The quantitative estimate of drug-likeness (QED) is 0.578. The van der Waals surface area contributed by atoms with Gasteiger partial charge in [-0.2, -0.15) is 0 Å². The molecular formula is C23H23FN2O5. The smallest absolute Gasteiger partial charge is 0.328 e. The van der Waals surface area contributed by atoms with E-state index in [-0.39, 0.29) is 11.3 Å². The predicted molar refractivity (Wildman–Crippen MR) is 113 cm³/mol. The minimum Gasteiger partial charge on any atom is -0.508 e. The Labute approximate surface area is 178 Å². The molecule has 3 rings (SSSR count). The molecule has 0 aliphatic rings. The molecule has 8 heteroatoms. The topological polar surface area (TPSA) is 109 Å². The molecule has 162 valence electrons. The van der Waals surface area contributed by atoms with Gasteiger partial charge < -0.3 is 15.5 Å². The summed E-state index contributed by atoms with van der Waals surface area (Å²) in [5, 5.41) is 22.3. The third kappa shape index (κ3) is 4.01. The number of aliphatic carboxylic acids is 1. The minimum atomic E-state index is -1.49. The van der Waals surface area contributed by atoms with Gasteiger partial charge in [0.05, 0.1) is 11.4 Å².